The Hall–Kier alpha value is -2.75. The Labute approximate surface area is 169 Å². The first-order chi connectivity index (χ1) is 13.8. The molecule has 2 rings (SSSR count). The Morgan fingerprint density at radius 2 is 1.69 bits per heavy atom. The number of amides is 1. The first-order valence-corrected chi connectivity index (χ1v) is 10.4. The van der Waals surface area contributed by atoms with Crippen LogP contribution in [0.25, 0.3) is 0 Å². The summed E-state index contributed by atoms with van der Waals surface area (Å²) in [5, 5.41) is 12.1. The highest BCUT2D eigenvalue weighted by atomic mass is 32.2. The van der Waals surface area contributed by atoms with Crippen molar-refractivity contribution >= 4 is 21.9 Å². The number of nitrogens with one attached hydrogen (secondary N) is 2. The Balaban J connectivity index is 2.17. The van der Waals surface area contributed by atoms with Crippen LogP contribution in [0.1, 0.15) is 28.9 Å². The smallest absolute Gasteiger partial charge is 0.308 e. The van der Waals surface area contributed by atoms with E-state index in [9.17, 15) is 23.1 Å². The van der Waals surface area contributed by atoms with Gasteiger partial charge in [0.15, 0.2) is 0 Å². The fourth-order valence-electron chi connectivity index (χ4n) is 2.67. The molecular weight excluding hydrogens is 396 g/mol. The van der Waals surface area contributed by atoms with Crippen LogP contribution in [0.15, 0.2) is 59.5 Å². The maximum absolute atomic E-state index is 12.6. The first kappa shape index (κ1) is 22.5. The van der Waals surface area contributed by atoms with Crippen molar-refractivity contribution in [3.05, 3.63) is 65.7 Å². The number of benzene rings is 2. The fourth-order valence-corrected chi connectivity index (χ4v) is 3.68. The van der Waals surface area contributed by atoms with Gasteiger partial charge >= 0.3 is 5.97 Å². The number of carbonyl (C=O) groups excluding carboxylic acids is 1. The summed E-state index contributed by atoms with van der Waals surface area (Å²) in [5.41, 5.74) is 0.886. The highest BCUT2D eigenvalue weighted by Crippen LogP contribution is 2.23. The van der Waals surface area contributed by atoms with Crippen LogP contribution in [0.4, 0.5) is 0 Å². The molecule has 0 unspecified atom stereocenters. The minimum Gasteiger partial charge on any atom is -0.481 e. The monoisotopic (exact) mass is 420 g/mol. The van der Waals surface area contributed by atoms with Crippen LogP contribution in [-0.2, 0) is 19.6 Å². The predicted molar refractivity (Wildman–Crippen MR) is 107 cm³/mol. The summed E-state index contributed by atoms with van der Waals surface area (Å²) < 4.78 is 31.6. The van der Waals surface area contributed by atoms with E-state index in [4.69, 9.17) is 4.74 Å². The van der Waals surface area contributed by atoms with Crippen molar-refractivity contribution in [3.63, 3.8) is 0 Å². The molecule has 0 bridgehead atoms. The van der Waals surface area contributed by atoms with Crippen molar-refractivity contribution < 1.29 is 27.9 Å². The van der Waals surface area contributed by atoms with E-state index in [2.05, 4.69) is 10.0 Å². The zero-order valence-electron chi connectivity index (χ0n) is 16.2. The van der Waals surface area contributed by atoms with E-state index in [0.29, 0.717) is 5.56 Å². The van der Waals surface area contributed by atoms with Gasteiger partial charge in [-0.15, -0.1) is 0 Å². The van der Waals surface area contributed by atoms with Crippen LogP contribution in [0.3, 0.4) is 0 Å². The van der Waals surface area contributed by atoms with Gasteiger partial charge in [-0.25, -0.2) is 13.1 Å². The maximum Gasteiger partial charge on any atom is 0.308 e. The third-order valence-electron chi connectivity index (χ3n) is 4.36. The molecule has 8 nitrogen and oxygen atoms in total. The summed E-state index contributed by atoms with van der Waals surface area (Å²) in [6.07, 6.45) is 0. The van der Waals surface area contributed by atoms with Crippen molar-refractivity contribution in [2.75, 3.05) is 20.3 Å². The molecule has 0 heterocycles. The zero-order valence-corrected chi connectivity index (χ0v) is 17.0. The zero-order chi connectivity index (χ0) is 21.4. The highest BCUT2D eigenvalue weighted by molar-refractivity contribution is 7.89. The summed E-state index contributed by atoms with van der Waals surface area (Å²) in [6.45, 7) is 1.89. The van der Waals surface area contributed by atoms with E-state index in [1.807, 2.05) is 0 Å². The Kier molecular flexibility index (Phi) is 7.89. The number of carboxylic acids is 1. The summed E-state index contributed by atoms with van der Waals surface area (Å²) in [7, 11) is -2.24. The second-order valence-electron chi connectivity index (χ2n) is 6.40. The largest absolute Gasteiger partial charge is 0.481 e. The molecule has 2 aromatic carbocycles. The number of carboxylic acid groups (broad SMARTS) is 1. The van der Waals surface area contributed by atoms with E-state index in [0.717, 1.165) is 0 Å². The lowest BCUT2D eigenvalue weighted by atomic mass is 9.94. The molecule has 0 radical (unpaired) electrons. The van der Waals surface area contributed by atoms with E-state index in [1.54, 1.807) is 30.3 Å². The number of carbonyl (C=O) groups is 2. The molecule has 9 heteroatoms. The molecule has 2 aromatic rings. The van der Waals surface area contributed by atoms with Crippen molar-refractivity contribution in [1.82, 2.24) is 10.0 Å². The molecule has 0 aliphatic heterocycles. The standard InChI is InChI=1S/C20H24N2O6S/c1-14(20(24)25)18(15-6-4-3-5-7-15)22-19(23)16-8-10-17(11-9-16)29(26,27)21-12-13-28-2/h3-11,14,18,21H,12-13H2,1-2H3,(H,22,23)(H,24,25)/t14-,18-/m0/s1. The van der Waals surface area contributed by atoms with Crippen LogP contribution in [-0.4, -0.2) is 45.7 Å². The second-order valence-corrected chi connectivity index (χ2v) is 8.17. The molecule has 0 saturated carbocycles. The number of aliphatic carboxylic acids is 1. The van der Waals surface area contributed by atoms with Crippen molar-refractivity contribution in [3.8, 4) is 0 Å². The lowest BCUT2D eigenvalue weighted by Gasteiger charge is -2.23. The number of hydrogen-bond donors (Lipinski definition) is 3. The van der Waals surface area contributed by atoms with Crippen LogP contribution in [0.5, 0.6) is 0 Å². The average Bonchev–Trinajstić information content (AvgIpc) is 2.72. The van der Waals surface area contributed by atoms with Gasteiger partial charge in [-0.1, -0.05) is 30.3 Å². The van der Waals surface area contributed by atoms with E-state index in [-0.39, 0.29) is 23.6 Å². The highest BCUT2D eigenvalue weighted by Gasteiger charge is 2.27. The van der Waals surface area contributed by atoms with Gasteiger partial charge in [0.2, 0.25) is 10.0 Å². The number of hydrogen-bond acceptors (Lipinski definition) is 5. The molecule has 0 fully saturated rings. The van der Waals surface area contributed by atoms with Gasteiger partial charge in [0, 0.05) is 19.2 Å². The predicted octanol–water partition coefficient (Wildman–Crippen LogP) is 1.80. The molecule has 0 spiro atoms. The van der Waals surface area contributed by atoms with Crippen molar-refractivity contribution in [2.24, 2.45) is 5.92 Å². The molecule has 2 atom stereocenters. The number of sulfonamides is 1. The summed E-state index contributed by atoms with van der Waals surface area (Å²) >= 11 is 0. The summed E-state index contributed by atoms with van der Waals surface area (Å²) in [6, 6.07) is 13.5. The van der Waals surface area contributed by atoms with Crippen LogP contribution >= 0.6 is 0 Å². The molecule has 0 aliphatic carbocycles. The number of rotatable bonds is 10. The van der Waals surface area contributed by atoms with Crippen molar-refractivity contribution in [1.29, 1.82) is 0 Å². The molecule has 29 heavy (non-hydrogen) atoms. The molecule has 0 aliphatic rings. The van der Waals surface area contributed by atoms with Gasteiger partial charge in [-0.05, 0) is 36.8 Å². The van der Waals surface area contributed by atoms with Crippen LogP contribution < -0.4 is 10.0 Å². The lowest BCUT2D eigenvalue weighted by molar-refractivity contribution is -0.142. The van der Waals surface area contributed by atoms with E-state index < -0.39 is 33.9 Å². The van der Waals surface area contributed by atoms with E-state index >= 15 is 0 Å². The second kappa shape index (κ2) is 10.1. The minimum absolute atomic E-state index is 0.0173. The third kappa shape index (κ3) is 6.11. The van der Waals surface area contributed by atoms with Gasteiger partial charge < -0.3 is 15.2 Å². The summed E-state index contributed by atoms with van der Waals surface area (Å²) in [5.74, 6) is -2.39. The lowest BCUT2D eigenvalue weighted by Crippen LogP contribution is -2.35. The van der Waals surface area contributed by atoms with Crippen LogP contribution in [0.2, 0.25) is 0 Å². The first-order valence-electron chi connectivity index (χ1n) is 8.93. The minimum atomic E-state index is -3.71. The Bertz CT molecular complexity index is 929. The van der Waals surface area contributed by atoms with Gasteiger partial charge in [-0.2, -0.15) is 0 Å². The van der Waals surface area contributed by atoms with Gasteiger partial charge in [0.05, 0.1) is 23.5 Å². The number of ether oxygens (including phenoxy) is 1. The van der Waals surface area contributed by atoms with Gasteiger partial charge in [0.25, 0.3) is 5.91 Å². The third-order valence-corrected chi connectivity index (χ3v) is 5.84. The molecule has 0 saturated heterocycles. The normalized spacial score (nSPS) is 13.4. The molecule has 0 aromatic heterocycles. The molecule has 1 amide bonds. The fraction of sp³-hybridized carbons (Fsp3) is 0.300. The average molecular weight is 420 g/mol. The molecule has 3 N–H and O–H groups in total. The van der Waals surface area contributed by atoms with E-state index in [1.165, 1.54) is 38.3 Å². The van der Waals surface area contributed by atoms with Gasteiger partial charge in [-0.3, -0.25) is 9.59 Å². The quantitative estimate of drug-likeness (QED) is 0.504. The SMILES string of the molecule is COCCNS(=O)(=O)c1ccc(C(=O)N[C@H](c2ccccc2)[C@H](C)C(=O)O)cc1. The van der Waals surface area contributed by atoms with Gasteiger partial charge in [0.1, 0.15) is 0 Å². The summed E-state index contributed by atoms with van der Waals surface area (Å²) in [4.78, 5) is 24.1. The Morgan fingerprint density at radius 3 is 2.24 bits per heavy atom. The van der Waals surface area contributed by atoms with Crippen LogP contribution in [0, 0.1) is 5.92 Å². The topological polar surface area (TPSA) is 122 Å². The molecule has 156 valence electrons. The Morgan fingerprint density at radius 1 is 1.07 bits per heavy atom. The van der Waals surface area contributed by atoms with Crippen molar-refractivity contribution in [2.45, 2.75) is 17.9 Å². The number of methoxy groups -OCH3 is 1. The maximum atomic E-state index is 12.6. The molecular formula is C20H24N2O6S.